The molecule has 1 saturated heterocycles. The third kappa shape index (κ3) is 6.29. The summed E-state index contributed by atoms with van der Waals surface area (Å²) >= 11 is 0. The first-order chi connectivity index (χ1) is 11.7. The Kier molecular flexibility index (Phi) is 7.71. The minimum absolute atomic E-state index is 0.0402. The molecule has 0 unspecified atom stereocenters. The highest BCUT2D eigenvalue weighted by atomic mass is 16.5. The standard InChI is InChI=1S/C18H26N2O4/c1-23-18(22)7-8-20(10-9-19-11-13-24-14-12-19)17(21)15-16-5-3-2-4-6-16/h2-6H,7-15H2,1H3. The third-order valence-electron chi connectivity index (χ3n) is 4.15. The number of benzene rings is 1. The Labute approximate surface area is 143 Å². The van der Waals surface area contributed by atoms with Gasteiger partial charge in [-0.15, -0.1) is 0 Å². The van der Waals surface area contributed by atoms with Crippen molar-refractivity contribution in [3.8, 4) is 0 Å². The Morgan fingerprint density at radius 1 is 1.17 bits per heavy atom. The molecule has 0 aliphatic carbocycles. The molecule has 6 nitrogen and oxygen atoms in total. The second-order valence-corrected chi connectivity index (χ2v) is 5.82. The molecule has 2 rings (SSSR count). The molecule has 0 radical (unpaired) electrons. The highest BCUT2D eigenvalue weighted by molar-refractivity contribution is 5.79. The van der Waals surface area contributed by atoms with Gasteiger partial charge in [0.2, 0.25) is 5.91 Å². The van der Waals surface area contributed by atoms with E-state index in [-0.39, 0.29) is 18.3 Å². The lowest BCUT2D eigenvalue weighted by molar-refractivity contribution is -0.141. The second kappa shape index (κ2) is 10.1. The van der Waals surface area contributed by atoms with Crippen molar-refractivity contribution in [2.75, 3.05) is 53.0 Å². The molecule has 1 fully saturated rings. The molecular formula is C18H26N2O4. The van der Waals surface area contributed by atoms with E-state index in [0.29, 0.717) is 19.5 Å². The molecule has 6 heteroatoms. The number of nitrogens with zero attached hydrogens (tertiary/aromatic N) is 2. The van der Waals surface area contributed by atoms with Crippen LogP contribution in [-0.4, -0.2) is 74.7 Å². The Bertz CT molecular complexity index is 515. The van der Waals surface area contributed by atoms with E-state index in [1.807, 2.05) is 30.3 Å². The predicted molar refractivity (Wildman–Crippen MR) is 90.6 cm³/mol. The van der Waals surface area contributed by atoms with Crippen molar-refractivity contribution in [2.24, 2.45) is 0 Å². The number of amides is 1. The van der Waals surface area contributed by atoms with Crippen LogP contribution >= 0.6 is 0 Å². The average Bonchev–Trinajstić information content (AvgIpc) is 2.63. The van der Waals surface area contributed by atoms with Gasteiger partial charge < -0.3 is 14.4 Å². The van der Waals surface area contributed by atoms with Crippen molar-refractivity contribution in [1.82, 2.24) is 9.80 Å². The molecule has 0 atom stereocenters. The normalized spacial score (nSPS) is 15.0. The van der Waals surface area contributed by atoms with E-state index in [1.165, 1.54) is 7.11 Å². The minimum Gasteiger partial charge on any atom is -0.469 e. The molecule has 1 aromatic carbocycles. The average molecular weight is 334 g/mol. The van der Waals surface area contributed by atoms with E-state index < -0.39 is 0 Å². The molecule has 0 saturated carbocycles. The number of esters is 1. The number of hydrogen-bond donors (Lipinski definition) is 0. The maximum absolute atomic E-state index is 12.6. The van der Waals surface area contributed by atoms with Crippen molar-refractivity contribution < 1.29 is 19.1 Å². The van der Waals surface area contributed by atoms with Crippen molar-refractivity contribution in [1.29, 1.82) is 0 Å². The summed E-state index contributed by atoms with van der Waals surface area (Å²) in [5.74, 6) is -0.253. The highest BCUT2D eigenvalue weighted by Crippen LogP contribution is 2.05. The first-order valence-corrected chi connectivity index (χ1v) is 8.37. The summed E-state index contributed by atoms with van der Waals surface area (Å²) in [6, 6.07) is 9.67. The molecule has 0 N–H and O–H groups in total. The van der Waals surface area contributed by atoms with Gasteiger partial charge in [0.05, 0.1) is 33.2 Å². The lowest BCUT2D eigenvalue weighted by atomic mass is 10.1. The highest BCUT2D eigenvalue weighted by Gasteiger charge is 2.18. The van der Waals surface area contributed by atoms with Crippen LogP contribution in [0.15, 0.2) is 30.3 Å². The van der Waals surface area contributed by atoms with E-state index in [9.17, 15) is 9.59 Å². The van der Waals surface area contributed by atoms with Gasteiger partial charge in [-0.2, -0.15) is 0 Å². The second-order valence-electron chi connectivity index (χ2n) is 5.82. The number of rotatable bonds is 8. The summed E-state index contributed by atoms with van der Waals surface area (Å²) in [6.45, 7) is 5.05. The van der Waals surface area contributed by atoms with E-state index in [1.54, 1.807) is 4.90 Å². The number of morpholine rings is 1. The lowest BCUT2D eigenvalue weighted by Crippen LogP contribution is -2.44. The number of carbonyl (C=O) groups excluding carboxylic acids is 2. The van der Waals surface area contributed by atoms with Gasteiger partial charge in [0.15, 0.2) is 0 Å². The van der Waals surface area contributed by atoms with Crippen molar-refractivity contribution in [3.05, 3.63) is 35.9 Å². The molecule has 1 aromatic rings. The predicted octanol–water partition coefficient (Wildman–Crippen LogP) is 0.953. The Morgan fingerprint density at radius 3 is 2.54 bits per heavy atom. The molecule has 1 amide bonds. The summed E-state index contributed by atoms with van der Waals surface area (Å²) in [4.78, 5) is 28.1. The maximum Gasteiger partial charge on any atom is 0.307 e. The minimum atomic E-state index is -0.293. The monoisotopic (exact) mass is 334 g/mol. The fraction of sp³-hybridized carbons (Fsp3) is 0.556. The molecule has 1 aliphatic heterocycles. The zero-order valence-electron chi connectivity index (χ0n) is 14.3. The smallest absolute Gasteiger partial charge is 0.307 e. The van der Waals surface area contributed by atoms with Gasteiger partial charge in [-0.25, -0.2) is 0 Å². The number of ether oxygens (including phenoxy) is 2. The van der Waals surface area contributed by atoms with Crippen LogP contribution in [0.2, 0.25) is 0 Å². The van der Waals surface area contributed by atoms with Gasteiger partial charge in [-0.3, -0.25) is 14.5 Å². The van der Waals surface area contributed by atoms with Gasteiger partial charge >= 0.3 is 5.97 Å². The number of carbonyl (C=O) groups is 2. The van der Waals surface area contributed by atoms with Crippen molar-refractivity contribution in [3.63, 3.8) is 0 Å². The SMILES string of the molecule is COC(=O)CCN(CCN1CCOCC1)C(=O)Cc1ccccc1. The first-order valence-electron chi connectivity index (χ1n) is 8.37. The fourth-order valence-electron chi connectivity index (χ4n) is 2.66. The van der Waals surface area contributed by atoms with E-state index >= 15 is 0 Å². The summed E-state index contributed by atoms with van der Waals surface area (Å²) in [5, 5.41) is 0. The Balaban J connectivity index is 1.89. The topological polar surface area (TPSA) is 59.1 Å². The molecule has 1 heterocycles. The van der Waals surface area contributed by atoms with Crippen LogP contribution in [-0.2, 0) is 25.5 Å². The van der Waals surface area contributed by atoms with E-state index in [0.717, 1.165) is 38.4 Å². The Hall–Kier alpha value is -1.92. The quantitative estimate of drug-likeness (QED) is 0.663. The van der Waals surface area contributed by atoms with Crippen molar-refractivity contribution in [2.45, 2.75) is 12.8 Å². The zero-order valence-corrected chi connectivity index (χ0v) is 14.3. The molecular weight excluding hydrogens is 308 g/mol. The molecule has 132 valence electrons. The summed E-state index contributed by atoms with van der Waals surface area (Å²) < 4.78 is 10.0. The summed E-state index contributed by atoms with van der Waals surface area (Å²) in [6.07, 6.45) is 0.575. The lowest BCUT2D eigenvalue weighted by Gasteiger charge is -2.30. The van der Waals surface area contributed by atoms with Crippen LogP contribution in [0.3, 0.4) is 0 Å². The van der Waals surface area contributed by atoms with Crippen LogP contribution in [0.4, 0.5) is 0 Å². The molecule has 0 spiro atoms. The molecule has 0 bridgehead atoms. The zero-order chi connectivity index (χ0) is 17.2. The summed E-state index contributed by atoms with van der Waals surface area (Å²) in [5.41, 5.74) is 0.983. The van der Waals surface area contributed by atoms with E-state index in [2.05, 4.69) is 9.64 Å². The van der Waals surface area contributed by atoms with Gasteiger partial charge in [0.25, 0.3) is 0 Å². The van der Waals surface area contributed by atoms with Crippen molar-refractivity contribution >= 4 is 11.9 Å². The van der Waals surface area contributed by atoms with Gasteiger partial charge in [-0.1, -0.05) is 30.3 Å². The first kappa shape index (κ1) is 18.4. The van der Waals surface area contributed by atoms with Crippen LogP contribution in [0.5, 0.6) is 0 Å². The van der Waals surface area contributed by atoms with Gasteiger partial charge in [0, 0.05) is 32.7 Å². The third-order valence-corrected chi connectivity index (χ3v) is 4.15. The number of hydrogen-bond acceptors (Lipinski definition) is 5. The fourth-order valence-corrected chi connectivity index (χ4v) is 2.66. The molecule has 24 heavy (non-hydrogen) atoms. The van der Waals surface area contributed by atoms with Crippen LogP contribution < -0.4 is 0 Å². The molecule has 1 aliphatic rings. The largest absolute Gasteiger partial charge is 0.469 e. The van der Waals surface area contributed by atoms with E-state index in [4.69, 9.17) is 4.74 Å². The van der Waals surface area contributed by atoms with Gasteiger partial charge in [0.1, 0.15) is 0 Å². The molecule has 0 aromatic heterocycles. The van der Waals surface area contributed by atoms with Crippen LogP contribution in [0.1, 0.15) is 12.0 Å². The van der Waals surface area contributed by atoms with Crippen LogP contribution in [0, 0.1) is 0 Å². The maximum atomic E-state index is 12.6. The Morgan fingerprint density at radius 2 is 1.88 bits per heavy atom. The summed E-state index contributed by atoms with van der Waals surface area (Å²) in [7, 11) is 1.37. The van der Waals surface area contributed by atoms with Gasteiger partial charge in [-0.05, 0) is 5.56 Å². The van der Waals surface area contributed by atoms with Crippen LogP contribution in [0.25, 0.3) is 0 Å². The number of methoxy groups -OCH3 is 1.